The van der Waals surface area contributed by atoms with E-state index >= 15 is 0 Å². The molecular formula is C7H14N2O2. The fourth-order valence-electron chi connectivity index (χ4n) is 1.25. The van der Waals surface area contributed by atoms with Gasteiger partial charge in [-0.3, -0.25) is 4.79 Å². The van der Waals surface area contributed by atoms with E-state index in [0.29, 0.717) is 0 Å². The van der Waals surface area contributed by atoms with Crippen molar-refractivity contribution < 1.29 is 9.90 Å². The second kappa shape index (κ2) is 3.69. The van der Waals surface area contributed by atoms with E-state index < -0.39 is 0 Å². The molecule has 1 heterocycles. The van der Waals surface area contributed by atoms with Crippen LogP contribution in [0.4, 0.5) is 0 Å². The third kappa shape index (κ3) is 1.70. The molecule has 2 N–H and O–H groups in total. The number of amides is 1. The van der Waals surface area contributed by atoms with Gasteiger partial charge in [0.15, 0.2) is 0 Å². The Labute approximate surface area is 66.2 Å². The quantitative estimate of drug-likeness (QED) is 0.530. The zero-order valence-corrected chi connectivity index (χ0v) is 6.71. The lowest BCUT2D eigenvalue weighted by molar-refractivity contribution is -0.136. The Hall–Kier alpha value is -0.610. The minimum absolute atomic E-state index is 0.0150. The first-order chi connectivity index (χ1) is 5.29. The smallest absolute Gasteiger partial charge is 0.242 e. The Kier molecular flexibility index (Phi) is 2.84. The normalized spacial score (nSPS) is 25.8. The van der Waals surface area contributed by atoms with Gasteiger partial charge in [-0.05, 0) is 6.92 Å². The summed E-state index contributed by atoms with van der Waals surface area (Å²) < 4.78 is 0. The summed E-state index contributed by atoms with van der Waals surface area (Å²) in [6.07, 6.45) is 0. The Bertz CT molecular complexity index is 135. The maximum Gasteiger partial charge on any atom is 0.242 e. The van der Waals surface area contributed by atoms with Gasteiger partial charge in [-0.25, -0.2) is 0 Å². The van der Waals surface area contributed by atoms with Gasteiger partial charge in [0.25, 0.3) is 0 Å². The number of carbonyl (C=O) groups is 1. The molecule has 0 spiro atoms. The SMILES string of the molecule is CCN1CCNC(CO)C1=O. The van der Waals surface area contributed by atoms with E-state index in [1.165, 1.54) is 0 Å². The summed E-state index contributed by atoms with van der Waals surface area (Å²) >= 11 is 0. The van der Waals surface area contributed by atoms with Crippen LogP contribution in [0.3, 0.4) is 0 Å². The number of aliphatic hydroxyl groups excluding tert-OH is 1. The molecular weight excluding hydrogens is 144 g/mol. The highest BCUT2D eigenvalue weighted by Gasteiger charge is 2.25. The van der Waals surface area contributed by atoms with Crippen molar-refractivity contribution in [1.29, 1.82) is 0 Å². The molecule has 1 fully saturated rings. The van der Waals surface area contributed by atoms with Crippen molar-refractivity contribution in [3.63, 3.8) is 0 Å². The lowest BCUT2D eigenvalue weighted by Crippen LogP contribution is -2.56. The minimum Gasteiger partial charge on any atom is -0.394 e. The highest BCUT2D eigenvalue weighted by molar-refractivity contribution is 5.82. The Morgan fingerprint density at radius 2 is 2.55 bits per heavy atom. The summed E-state index contributed by atoms with van der Waals surface area (Å²) in [5.41, 5.74) is 0. The topological polar surface area (TPSA) is 52.6 Å². The van der Waals surface area contributed by atoms with Crippen molar-refractivity contribution in [1.82, 2.24) is 10.2 Å². The lowest BCUT2D eigenvalue weighted by Gasteiger charge is -2.31. The highest BCUT2D eigenvalue weighted by atomic mass is 16.3. The van der Waals surface area contributed by atoms with Gasteiger partial charge in [-0.1, -0.05) is 0 Å². The molecule has 1 aliphatic heterocycles. The number of likely N-dealkylation sites (N-methyl/N-ethyl adjacent to an activating group) is 1. The van der Waals surface area contributed by atoms with Crippen molar-refractivity contribution in [2.75, 3.05) is 26.2 Å². The number of nitrogens with one attached hydrogen (secondary N) is 1. The zero-order chi connectivity index (χ0) is 8.27. The van der Waals surface area contributed by atoms with Crippen molar-refractivity contribution in [3.05, 3.63) is 0 Å². The molecule has 0 aromatic rings. The van der Waals surface area contributed by atoms with Gasteiger partial charge in [0.05, 0.1) is 6.61 Å². The summed E-state index contributed by atoms with van der Waals surface area (Å²) in [5, 5.41) is 11.7. The molecule has 1 unspecified atom stereocenters. The molecule has 1 rings (SSSR count). The number of hydrogen-bond donors (Lipinski definition) is 2. The van der Waals surface area contributed by atoms with Crippen LogP contribution in [0, 0.1) is 0 Å². The van der Waals surface area contributed by atoms with Crippen LogP contribution in [0.5, 0.6) is 0 Å². The molecule has 0 aromatic heterocycles. The van der Waals surface area contributed by atoms with Gasteiger partial charge in [0, 0.05) is 19.6 Å². The molecule has 0 aliphatic carbocycles. The maximum atomic E-state index is 11.3. The van der Waals surface area contributed by atoms with Gasteiger partial charge in [0.1, 0.15) is 6.04 Å². The fourth-order valence-corrected chi connectivity index (χ4v) is 1.25. The molecule has 0 saturated carbocycles. The number of aliphatic hydroxyl groups is 1. The van der Waals surface area contributed by atoms with Crippen LogP contribution in [-0.2, 0) is 4.79 Å². The van der Waals surface area contributed by atoms with Crippen LogP contribution in [-0.4, -0.2) is 48.2 Å². The van der Waals surface area contributed by atoms with E-state index in [4.69, 9.17) is 5.11 Å². The molecule has 1 atom stereocenters. The van der Waals surface area contributed by atoms with Crippen molar-refractivity contribution in [2.45, 2.75) is 13.0 Å². The zero-order valence-electron chi connectivity index (χ0n) is 6.71. The van der Waals surface area contributed by atoms with Crippen molar-refractivity contribution in [2.24, 2.45) is 0 Å². The Balaban J connectivity index is 2.52. The Morgan fingerprint density at radius 3 is 3.09 bits per heavy atom. The summed E-state index contributed by atoms with van der Waals surface area (Å²) in [5.74, 6) is 0.0150. The number of nitrogens with zero attached hydrogens (tertiary/aromatic N) is 1. The van der Waals surface area contributed by atoms with Crippen LogP contribution in [0.15, 0.2) is 0 Å². The first-order valence-electron chi connectivity index (χ1n) is 3.92. The predicted molar refractivity (Wildman–Crippen MR) is 41.1 cm³/mol. The van der Waals surface area contributed by atoms with Crippen molar-refractivity contribution >= 4 is 5.91 Å². The van der Waals surface area contributed by atoms with Crippen LogP contribution < -0.4 is 5.32 Å². The van der Waals surface area contributed by atoms with Crippen LogP contribution in [0.25, 0.3) is 0 Å². The van der Waals surface area contributed by atoms with E-state index in [-0.39, 0.29) is 18.6 Å². The monoisotopic (exact) mass is 158 g/mol. The van der Waals surface area contributed by atoms with E-state index in [0.717, 1.165) is 19.6 Å². The first kappa shape index (κ1) is 8.49. The number of piperazine rings is 1. The van der Waals surface area contributed by atoms with Gasteiger partial charge in [-0.2, -0.15) is 0 Å². The minimum atomic E-state index is -0.372. The molecule has 0 bridgehead atoms. The summed E-state index contributed by atoms with van der Waals surface area (Å²) in [7, 11) is 0. The molecule has 4 heteroatoms. The maximum absolute atomic E-state index is 11.3. The van der Waals surface area contributed by atoms with Gasteiger partial charge in [-0.15, -0.1) is 0 Å². The van der Waals surface area contributed by atoms with E-state index in [1.54, 1.807) is 4.90 Å². The van der Waals surface area contributed by atoms with Gasteiger partial charge >= 0.3 is 0 Å². The van der Waals surface area contributed by atoms with Crippen LogP contribution >= 0.6 is 0 Å². The van der Waals surface area contributed by atoms with E-state index in [1.807, 2.05) is 6.92 Å². The van der Waals surface area contributed by atoms with Gasteiger partial charge < -0.3 is 15.3 Å². The molecule has 64 valence electrons. The second-order valence-electron chi connectivity index (χ2n) is 2.61. The molecule has 0 aromatic carbocycles. The number of hydrogen-bond acceptors (Lipinski definition) is 3. The Morgan fingerprint density at radius 1 is 1.82 bits per heavy atom. The molecule has 1 aliphatic rings. The molecule has 11 heavy (non-hydrogen) atoms. The number of carbonyl (C=O) groups excluding carboxylic acids is 1. The van der Waals surface area contributed by atoms with E-state index in [2.05, 4.69) is 5.32 Å². The molecule has 4 nitrogen and oxygen atoms in total. The third-order valence-electron chi connectivity index (χ3n) is 1.95. The molecule has 1 saturated heterocycles. The lowest BCUT2D eigenvalue weighted by atomic mass is 10.2. The van der Waals surface area contributed by atoms with Crippen LogP contribution in [0.1, 0.15) is 6.92 Å². The molecule has 1 amide bonds. The summed E-state index contributed by atoms with van der Waals surface area (Å²) in [4.78, 5) is 13.0. The molecule has 0 radical (unpaired) electrons. The third-order valence-corrected chi connectivity index (χ3v) is 1.95. The fraction of sp³-hybridized carbons (Fsp3) is 0.857. The standard InChI is InChI=1S/C7H14N2O2/c1-2-9-4-3-8-6(5-10)7(9)11/h6,8,10H,2-5H2,1H3. The average Bonchev–Trinajstić information content (AvgIpc) is 2.05. The second-order valence-corrected chi connectivity index (χ2v) is 2.61. The highest BCUT2D eigenvalue weighted by Crippen LogP contribution is 1.99. The first-order valence-corrected chi connectivity index (χ1v) is 3.92. The van der Waals surface area contributed by atoms with Crippen molar-refractivity contribution in [3.8, 4) is 0 Å². The summed E-state index contributed by atoms with van der Waals surface area (Å²) in [6, 6.07) is -0.372. The van der Waals surface area contributed by atoms with E-state index in [9.17, 15) is 4.79 Å². The largest absolute Gasteiger partial charge is 0.394 e. The average molecular weight is 158 g/mol. The van der Waals surface area contributed by atoms with Gasteiger partial charge in [0.2, 0.25) is 5.91 Å². The number of rotatable bonds is 2. The summed E-state index contributed by atoms with van der Waals surface area (Å²) in [6.45, 7) is 4.11. The predicted octanol–water partition coefficient (Wildman–Crippen LogP) is -1.20. The van der Waals surface area contributed by atoms with Crippen LogP contribution in [0.2, 0.25) is 0 Å².